The Labute approximate surface area is 187 Å². The normalized spacial score (nSPS) is 13.5. The van der Waals surface area contributed by atoms with E-state index < -0.39 is 20.1 Å². The molecule has 0 aliphatic heterocycles. The summed E-state index contributed by atoms with van der Waals surface area (Å²) in [6, 6.07) is 13.5. The molecule has 1 unspecified atom stereocenters. The van der Waals surface area contributed by atoms with Gasteiger partial charge in [-0.3, -0.25) is 0 Å². The van der Waals surface area contributed by atoms with Crippen molar-refractivity contribution in [2.45, 2.75) is 57.7 Å². The van der Waals surface area contributed by atoms with E-state index in [1.54, 1.807) is 18.2 Å². The Balaban J connectivity index is 2.17. The standard InChI is InChI=1S/C22H28Cl2F3NOSi/c1-4-30(5-2,6-3)29-20(21-18(23)8-7-9-19(21)24)15-28-14-16-10-12-17(13-11-16)22(25,26)27/h7-13,20,28H,4-6,14-15H2,1-3H3. The van der Waals surface area contributed by atoms with Crippen LogP contribution in [0.25, 0.3) is 0 Å². The molecule has 0 heterocycles. The third-order valence-electron chi connectivity index (χ3n) is 5.59. The van der Waals surface area contributed by atoms with Gasteiger partial charge in [0.15, 0.2) is 8.32 Å². The fraction of sp³-hybridized carbons (Fsp3) is 0.455. The van der Waals surface area contributed by atoms with Crippen molar-refractivity contribution >= 4 is 31.5 Å². The number of nitrogens with one attached hydrogen (secondary N) is 1. The smallest absolute Gasteiger partial charge is 0.409 e. The monoisotopic (exact) mass is 477 g/mol. The molecule has 0 bridgehead atoms. The van der Waals surface area contributed by atoms with Crippen LogP contribution < -0.4 is 5.32 Å². The third kappa shape index (κ3) is 6.47. The van der Waals surface area contributed by atoms with E-state index in [1.165, 1.54) is 12.1 Å². The molecule has 0 aromatic heterocycles. The molecule has 1 atom stereocenters. The zero-order valence-electron chi connectivity index (χ0n) is 17.5. The van der Waals surface area contributed by atoms with Gasteiger partial charge in [0.25, 0.3) is 0 Å². The molecule has 30 heavy (non-hydrogen) atoms. The van der Waals surface area contributed by atoms with E-state index in [0.29, 0.717) is 23.1 Å². The predicted molar refractivity (Wildman–Crippen MR) is 121 cm³/mol. The molecule has 1 N–H and O–H groups in total. The van der Waals surface area contributed by atoms with Crippen LogP contribution in [0.15, 0.2) is 42.5 Å². The summed E-state index contributed by atoms with van der Waals surface area (Å²) in [6.07, 6.45) is -4.66. The van der Waals surface area contributed by atoms with Crippen LogP contribution in [-0.4, -0.2) is 14.9 Å². The van der Waals surface area contributed by atoms with E-state index >= 15 is 0 Å². The second kappa shape index (κ2) is 11.0. The quantitative estimate of drug-likeness (QED) is 0.351. The summed E-state index contributed by atoms with van der Waals surface area (Å²) in [5.41, 5.74) is 0.866. The highest BCUT2D eigenvalue weighted by Gasteiger charge is 2.34. The fourth-order valence-electron chi connectivity index (χ4n) is 3.48. The molecular weight excluding hydrogens is 450 g/mol. The van der Waals surface area contributed by atoms with Crippen molar-refractivity contribution in [1.82, 2.24) is 5.32 Å². The van der Waals surface area contributed by atoms with Gasteiger partial charge in [-0.25, -0.2) is 0 Å². The van der Waals surface area contributed by atoms with Crippen LogP contribution >= 0.6 is 23.2 Å². The summed E-state index contributed by atoms with van der Waals surface area (Å²) in [7, 11) is -1.95. The number of rotatable bonds is 10. The van der Waals surface area contributed by atoms with Gasteiger partial charge in [-0.15, -0.1) is 0 Å². The lowest BCUT2D eigenvalue weighted by Crippen LogP contribution is -2.40. The lowest BCUT2D eigenvalue weighted by atomic mass is 10.1. The van der Waals surface area contributed by atoms with E-state index in [0.717, 1.165) is 41.4 Å². The first-order valence-corrected chi connectivity index (χ1v) is 13.4. The van der Waals surface area contributed by atoms with Crippen molar-refractivity contribution in [1.29, 1.82) is 0 Å². The first-order valence-electron chi connectivity index (χ1n) is 10.1. The molecular formula is C22H28Cl2F3NOSi. The molecule has 166 valence electrons. The predicted octanol–water partition coefficient (Wildman–Crippen LogP) is 7.86. The Morgan fingerprint density at radius 3 is 1.93 bits per heavy atom. The van der Waals surface area contributed by atoms with Crippen molar-refractivity contribution in [3.63, 3.8) is 0 Å². The zero-order chi connectivity index (χ0) is 22.4. The molecule has 2 aromatic rings. The van der Waals surface area contributed by atoms with Gasteiger partial charge in [-0.2, -0.15) is 13.2 Å². The number of hydrogen-bond acceptors (Lipinski definition) is 2. The summed E-state index contributed by atoms with van der Waals surface area (Å²) < 4.78 is 44.9. The molecule has 8 heteroatoms. The van der Waals surface area contributed by atoms with E-state index in [2.05, 4.69) is 26.1 Å². The first kappa shape index (κ1) is 25.2. The van der Waals surface area contributed by atoms with Crippen LogP contribution in [0.3, 0.4) is 0 Å². The summed E-state index contributed by atoms with van der Waals surface area (Å²) >= 11 is 12.9. The SMILES string of the molecule is CC[Si](CC)(CC)OC(CNCc1ccc(C(F)(F)F)cc1)c1c(Cl)cccc1Cl. The molecule has 0 fully saturated rings. The third-order valence-corrected chi connectivity index (χ3v) is 10.9. The van der Waals surface area contributed by atoms with Crippen LogP contribution in [0.4, 0.5) is 13.2 Å². The Morgan fingerprint density at radius 2 is 1.47 bits per heavy atom. The minimum Gasteiger partial charge on any atom is -0.409 e. The number of halogens is 5. The summed E-state index contributed by atoms with van der Waals surface area (Å²) in [5.74, 6) is 0. The largest absolute Gasteiger partial charge is 0.416 e. The van der Waals surface area contributed by atoms with Gasteiger partial charge in [0.1, 0.15) is 0 Å². The summed E-state index contributed by atoms with van der Waals surface area (Å²) in [4.78, 5) is 0. The maximum absolute atomic E-state index is 12.7. The maximum atomic E-state index is 12.7. The van der Waals surface area contributed by atoms with Crippen LogP contribution in [0, 0.1) is 0 Å². The van der Waals surface area contributed by atoms with E-state index in [1.807, 2.05) is 0 Å². The average molecular weight is 478 g/mol. The van der Waals surface area contributed by atoms with Gasteiger partial charge >= 0.3 is 6.18 Å². The Morgan fingerprint density at radius 1 is 0.933 bits per heavy atom. The summed E-state index contributed by atoms with van der Waals surface area (Å²) in [5, 5.41) is 4.41. The molecule has 0 amide bonds. The molecule has 0 saturated carbocycles. The highest BCUT2D eigenvalue weighted by molar-refractivity contribution is 6.73. The van der Waals surface area contributed by atoms with Gasteiger partial charge in [0.05, 0.1) is 11.7 Å². The maximum Gasteiger partial charge on any atom is 0.416 e. The van der Waals surface area contributed by atoms with Crippen LogP contribution in [-0.2, 0) is 17.1 Å². The van der Waals surface area contributed by atoms with Crippen LogP contribution in [0.5, 0.6) is 0 Å². The Bertz CT molecular complexity index is 783. The molecule has 2 rings (SSSR count). The molecule has 0 saturated heterocycles. The Hall–Kier alpha value is -1.05. The van der Waals surface area contributed by atoms with Crippen molar-refractivity contribution in [3.8, 4) is 0 Å². The minimum absolute atomic E-state index is 0.327. The van der Waals surface area contributed by atoms with Gasteiger partial charge in [-0.05, 0) is 48.0 Å². The highest BCUT2D eigenvalue weighted by atomic mass is 35.5. The Kier molecular flexibility index (Phi) is 9.25. The minimum atomic E-state index is -4.33. The van der Waals surface area contributed by atoms with Gasteiger partial charge in [-0.1, -0.05) is 62.2 Å². The fourth-order valence-corrected chi connectivity index (χ4v) is 6.93. The van der Waals surface area contributed by atoms with Gasteiger partial charge in [0.2, 0.25) is 0 Å². The van der Waals surface area contributed by atoms with Gasteiger partial charge < -0.3 is 9.74 Å². The molecule has 2 aromatic carbocycles. The molecule has 0 aliphatic carbocycles. The van der Waals surface area contributed by atoms with Crippen LogP contribution in [0.2, 0.25) is 28.2 Å². The molecule has 2 nitrogen and oxygen atoms in total. The number of alkyl halides is 3. The van der Waals surface area contributed by atoms with Crippen molar-refractivity contribution in [2.75, 3.05) is 6.54 Å². The topological polar surface area (TPSA) is 21.3 Å². The van der Waals surface area contributed by atoms with Crippen molar-refractivity contribution in [2.24, 2.45) is 0 Å². The lowest BCUT2D eigenvalue weighted by Gasteiger charge is -2.34. The second-order valence-corrected chi connectivity index (χ2v) is 12.8. The second-order valence-electron chi connectivity index (χ2n) is 7.31. The zero-order valence-corrected chi connectivity index (χ0v) is 20.0. The highest BCUT2D eigenvalue weighted by Crippen LogP contribution is 2.36. The van der Waals surface area contributed by atoms with E-state index in [4.69, 9.17) is 27.6 Å². The molecule has 0 aliphatic rings. The van der Waals surface area contributed by atoms with Gasteiger partial charge in [0, 0.05) is 28.7 Å². The number of hydrogen-bond donors (Lipinski definition) is 1. The average Bonchev–Trinajstić information content (AvgIpc) is 2.71. The van der Waals surface area contributed by atoms with Crippen molar-refractivity contribution in [3.05, 3.63) is 69.2 Å². The first-order chi connectivity index (χ1) is 14.2. The lowest BCUT2D eigenvalue weighted by molar-refractivity contribution is -0.137. The van der Waals surface area contributed by atoms with Crippen molar-refractivity contribution < 1.29 is 17.6 Å². The van der Waals surface area contributed by atoms with E-state index in [-0.39, 0.29) is 6.10 Å². The molecule has 0 radical (unpaired) electrons. The van der Waals surface area contributed by atoms with E-state index in [9.17, 15) is 13.2 Å². The van der Waals surface area contributed by atoms with Crippen LogP contribution in [0.1, 0.15) is 43.6 Å². The number of benzene rings is 2. The molecule has 0 spiro atoms. The summed E-state index contributed by atoms with van der Waals surface area (Å²) in [6.45, 7) is 7.33.